The first-order valence-corrected chi connectivity index (χ1v) is 13.1. The van der Waals surface area contributed by atoms with Gasteiger partial charge in [0, 0.05) is 24.8 Å². The molecule has 8 nitrogen and oxygen atoms in total. The van der Waals surface area contributed by atoms with Gasteiger partial charge in [-0.3, -0.25) is 4.79 Å². The number of anilines is 2. The van der Waals surface area contributed by atoms with Crippen LogP contribution in [0.3, 0.4) is 0 Å². The van der Waals surface area contributed by atoms with Crippen LogP contribution in [0.25, 0.3) is 0 Å². The molecule has 0 spiro atoms. The number of benzene rings is 1. The van der Waals surface area contributed by atoms with Crippen molar-refractivity contribution in [3.63, 3.8) is 0 Å². The number of pyridine rings is 2. The number of primary amides is 1. The second-order valence-electron chi connectivity index (χ2n) is 9.81. The van der Waals surface area contributed by atoms with E-state index < -0.39 is 15.7 Å². The molecular formula is C26H31N5O3S. The smallest absolute Gasteiger partial charge is 0.253 e. The Morgan fingerprint density at radius 2 is 1.89 bits per heavy atom. The third-order valence-corrected chi connectivity index (χ3v) is 8.05. The van der Waals surface area contributed by atoms with Crippen LogP contribution in [0, 0.1) is 12.8 Å². The maximum Gasteiger partial charge on any atom is 0.253 e. The molecule has 4 rings (SSSR count). The Hall–Kier alpha value is -3.46. The van der Waals surface area contributed by atoms with Crippen molar-refractivity contribution in [3.05, 3.63) is 71.4 Å². The Kier molecular flexibility index (Phi) is 6.55. The minimum atomic E-state index is -4.15. The van der Waals surface area contributed by atoms with Gasteiger partial charge in [0.15, 0.2) is 5.03 Å². The molecule has 35 heavy (non-hydrogen) atoms. The van der Waals surface area contributed by atoms with Gasteiger partial charge in [-0.15, -0.1) is 0 Å². The fourth-order valence-electron chi connectivity index (χ4n) is 4.73. The van der Waals surface area contributed by atoms with E-state index in [1.54, 1.807) is 12.1 Å². The Morgan fingerprint density at radius 3 is 2.51 bits per heavy atom. The fourth-order valence-corrected chi connectivity index (χ4v) is 6.13. The minimum absolute atomic E-state index is 0.102. The van der Waals surface area contributed by atoms with Gasteiger partial charge in [0.1, 0.15) is 17.2 Å². The maximum absolute atomic E-state index is 13.7. The standard InChI is InChI=1S/C26H31N5O3S/c1-17-8-10-19(11-9-17)15-29-21-6-5-7-22(30-21)35(33,34)20-12-13-28-25(23(20)24(27)32)31-16-18(2)14-26(31,3)4/h5-13,18H,14-16H2,1-4H3,(H2,27,32)(H,29,30). The molecule has 2 aromatic heterocycles. The second kappa shape index (κ2) is 9.30. The van der Waals surface area contributed by atoms with E-state index in [-0.39, 0.29) is 21.0 Å². The maximum atomic E-state index is 13.7. The van der Waals surface area contributed by atoms with Crippen LogP contribution in [0.4, 0.5) is 11.6 Å². The zero-order chi connectivity index (χ0) is 25.4. The van der Waals surface area contributed by atoms with E-state index >= 15 is 0 Å². The van der Waals surface area contributed by atoms with Gasteiger partial charge in [-0.2, -0.15) is 0 Å². The van der Waals surface area contributed by atoms with Gasteiger partial charge in [-0.05, 0) is 56.9 Å². The number of aromatic nitrogens is 2. The summed E-state index contributed by atoms with van der Waals surface area (Å²) in [7, 11) is -4.15. The molecule has 0 saturated carbocycles. The van der Waals surface area contributed by atoms with E-state index in [0.29, 0.717) is 30.6 Å². The number of nitrogens with two attached hydrogens (primary N) is 1. The fraction of sp³-hybridized carbons (Fsp3) is 0.346. The van der Waals surface area contributed by atoms with Crippen LogP contribution in [-0.2, 0) is 16.4 Å². The lowest BCUT2D eigenvalue weighted by Crippen LogP contribution is -2.40. The van der Waals surface area contributed by atoms with Crippen molar-refractivity contribution in [2.75, 3.05) is 16.8 Å². The lowest BCUT2D eigenvalue weighted by Gasteiger charge is -2.33. The van der Waals surface area contributed by atoms with Crippen molar-refractivity contribution < 1.29 is 13.2 Å². The number of aryl methyl sites for hydroxylation is 1. The van der Waals surface area contributed by atoms with Crippen molar-refractivity contribution in [3.8, 4) is 0 Å². The molecular weight excluding hydrogens is 462 g/mol. The first kappa shape index (κ1) is 24.7. The first-order valence-electron chi connectivity index (χ1n) is 11.6. The highest BCUT2D eigenvalue weighted by atomic mass is 32.2. The van der Waals surface area contributed by atoms with Gasteiger partial charge >= 0.3 is 0 Å². The number of amides is 1. The predicted molar refractivity (Wildman–Crippen MR) is 136 cm³/mol. The van der Waals surface area contributed by atoms with Gasteiger partial charge in [0.25, 0.3) is 5.91 Å². The average Bonchev–Trinajstić information content (AvgIpc) is 3.09. The van der Waals surface area contributed by atoms with Crippen LogP contribution < -0.4 is 16.0 Å². The number of hydrogen-bond acceptors (Lipinski definition) is 7. The summed E-state index contributed by atoms with van der Waals surface area (Å²) in [4.78, 5) is 23.1. The van der Waals surface area contributed by atoms with Crippen molar-refractivity contribution in [1.82, 2.24) is 9.97 Å². The summed E-state index contributed by atoms with van der Waals surface area (Å²) in [6.45, 7) is 9.38. The molecule has 1 atom stereocenters. The Labute approximate surface area is 206 Å². The Balaban J connectivity index is 1.70. The highest BCUT2D eigenvalue weighted by molar-refractivity contribution is 7.91. The van der Waals surface area contributed by atoms with Crippen molar-refractivity contribution in [2.45, 2.75) is 56.1 Å². The van der Waals surface area contributed by atoms with Crippen LogP contribution in [0.2, 0.25) is 0 Å². The van der Waals surface area contributed by atoms with E-state index in [2.05, 4.69) is 36.1 Å². The van der Waals surface area contributed by atoms with Gasteiger partial charge in [0.05, 0.1) is 4.90 Å². The van der Waals surface area contributed by atoms with Gasteiger partial charge in [-0.25, -0.2) is 18.4 Å². The summed E-state index contributed by atoms with van der Waals surface area (Å²) < 4.78 is 27.3. The number of rotatable bonds is 7. The number of carbonyl (C=O) groups is 1. The second-order valence-corrected chi connectivity index (χ2v) is 11.7. The van der Waals surface area contributed by atoms with E-state index in [1.165, 1.54) is 18.3 Å². The number of hydrogen-bond donors (Lipinski definition) is 2. The highest BCUT2D eigenvalue weighted by Crippen LogP contribution is 2.39. The summed E-state index contributed by atoms with van der Waals surface area (Å²) in [5.41, 5.74) is 7.54. The molecule has 0 aliphatic carbocycles. The summed E-state index contributed by atoms with van der Waals surface area (Å²) in [5.74, 6) is 0.235. The van der Waals surface area contributed by atoms with E-state index in [9.17, 15) is 13.2 Å². The van der Waals surface area contributed by atoms with Gasteiger partial charge < -0.3 is 16.0 Å². The highest BCUT2D eigenvalue weighted by Gasteiger charge is 2.40. The molecule has 184 valence electrons. The van der Waals surface area contributed by atoms with Crippen molar-refractivity contribution in [1.29, 1.82) is 0 Å². The number of carbonyl (C=O) groups excluding carboxylic acids is 1. The van der Waals surface area contributed by atoms with Gasteiger partial charge in [-0.1, -0.05) is 42.8 Å². The first-order chi connectivity index (χ1) is 16.5. The number of nitrogens with one attached hydrogen (secondary N) is 1. The summed E-state index contributed by atoms with van der Waals surface area (Å²) in [6, 6.07) is 14.1. The molecule has 1 aliphatic rings. The normalized spacial score (nSPS) is 17.4. The topological polar surface area (TPSA) is 118 Å². The SMILES string of the molecule is Cc1ccc(CNc2cccc(S(=O)(=O)c3ccnc(N4CC(C)CC4(C)C)c3C(N)=O)n2)cc1. The zero-order valence-corrected chi connectivity index (χ0v) is 21.3. The Morgan fingerprint density at radius 1 is 1.17 bits per heavy atom. The number of nitrogens with zero attached hydrogens (tertiary/aromatic N) is 3. The number of sulfone groups is 1. The molecule has 1 amide bonds. The Bertz CT molecular complexity index is 1350. The lowest BCUT2D eigenvalue weighted by atomic mass is 9.97. The van der Waals surface area contributed by atoms with Gasteiger partial charge in [0.2, 0.25) is 9.84 Å². The van der Waals surface area contributed by atoms with Crippen molar-refractivity contribution in [2.24, 2.45) is 11.7 Å². The third kappa shape index (κ3) is 5.00. The quantitative estimate of drug-likeness (QED) is 0.511. The predicted octanol–water partition coefficient (Wildman–Crippen LogP) is 3.95. The zero-order valence-electron chi connectivity index (χ0n) is 20.4. The van der Waals surface area contributed by atoms with Crippen LogP contribution in [0.1, 0.15) is 48.7 Å². The summed E-state index contributed by atoms with van der Waals surface area (Å²) >= 11 is 0. The molecule has 3 aromatic rings. The van der Waals surface area contributed by atoms with E-state index in [4.69, 9.17) is 5.73 Å². The molecule has 0 bridgehead atoms. The molecule has 9 heteroatoms. The third-order valence-electron chi connectivity index (χ3n) is 6.35. The monoisotopic (exact) mass is 493 g/mol. The molecule has 0 radical (unpaired) electrons. The largest absolute Gasteiger partial charge is 0.366 e. The van der Waals surface area contributed by atoms with Crippen molar-refractivity contribution >= 4 is 27.4 Å². The van der Waals surface area contributed by atoms with Crippen LogP contribution >= 0.6 is 0 Å². The summed E-state index contributed by atoms with van der Waals surface area (Å²) in [6.07, 6.45) is 2.30. The summed E-state index contributed by atoms with van der Waals surface area (Å²) in [5, 5.41) is 3.00. The molecule has 1 fully saturated rings. The molecule has 3 N–H and O–H groups in total. The van der Waals surface area contributed by atoms with Crippen LogP contribution in [0.5, 0.6) is 0 Å². The molecule has 1 saturated heterocycles. The lowest BCUT2D eigenvalue weighted by molar-refractivity contribution is 0.0997. The average molecular weight is 494 g/mol. The molecule has 3 heterocycles. The van der Waals surface area contributed by atoms with E-state index in [1.807, 2.05) is 36.1 Å². The molecule has 1 aromatic carbocycles. The minimum Gasteiger partial charge on any atom is -0.366 e. The van der Waals surface area contributed by atoms with E-state index in [0.717, 1.165) is 17.5 Å². The van der Waals surface area contributed by atoms with Crippen LogP contribution in [-0.4, -0.2) is 36.4 Å². The van der Waals surface area contributed by atoms with Crippen LogP contribution in [0.15, 0.2) is 64.6 Å². The molecule has 1 aliphatic heterocycles. The molecule has 1 unspecified atom stereocenters.